The number of hydrogen-bond donors (Lipinski definition) is 1. The molecule has 0 fully saturated rings. The van der Waals surface area contributed by atoms with Crippen LogP contribution in [0.15, 0.2) is 58.5 Å². The average molecular weight is 300 g/mol. The van der Waals surface area contributed by atoms with Crippen molar-refractivity contribution in [2.24, 2.45) is 0 Å². The summed E-state index contributed by atoms with van der Waals surface area (Å²) in [4.78, 5) is 8.89. The highest BCUT2D eigenvalue weighted by Gasteiger charge is 2.04. The number of H-pyrrole nitrogens is 1. The lowest BCUT2D eigenvalue weighted by atomic mass is 10.3. The molecule has 0 bridgehead atoms. The molecule has 100 valence electrons. The largest absolute Gasteiger partial charge is 0.497 e. The molecule has 0 saturated carbocycles. The Morgan fingerprint density at radius 2 is 1.85 bits per heavy atom. The Kier molecular flexibility index (Phi) is 3.71. The molecule has 20 heavy (non-hydrogen) atoms. The fraction of sp³-hybridized carbons (Fsp3) is 0.0667. The van der Waals surface area contributed by atoms with Crippen molar-refractivity contribution in [2.45, 2.75) is 9.92 Å². The number of nitrogens with zero attached hydrogens (tertiary/aromatic N) is 1. The zero-order valence-electron chi connectivity index (χ0n) is 10.8. The van der Waals surface area contributed by atoms with Crippen LogP contribution in [0.5, 0.6) is 5.75 Å². The third kappa shape index (κ3) is 2.69. The van der Waals surface area contributed by atoms with Crippen LogP contribution in [-0.4, -0.2) is 17.1 Å². The van der Waals surface area contributed by atoms with E-state index in [-0.39, 0.29) is 0 Å². The number of benzene rings is 2. The Labute approximate surface area is 126 Å². The lowest BCUT2D eigenvalue weighted by molar-refractivity contribution is 0.414. The van der Waals surface area contributed by atoms with Gasteiger partial charge in [0.2, 0.25) is 0 Å². The smallest absolute Gasteiger partial charge is 0.136 e. The van der Waals surface area contributed by atoms with Crippen molar-refractivity contribution in [2.75, 3.05) is 7.11 Å². The number of rotatable bonds is 3. The molecule has 3 nitrogen and oxygen atoms in total. The molecule has 0 amide bonds. The highest BCUT2D eigenvalue weighted by atomic mass is 32.2. The minimum atomic E-state index is 0.657. The highest BCUT2D eigenvalue weighted by Crippen LogP contribution is 2.29. The number of ether oxygens (including phenoxy) is 1. The van der Waals surface area contributed by atoms with E-state index in [1.54, 1.807) is 18.9 Å². The molecule has 1 aromatic heterocycles. The summed E-state index contributed by atoms with van der Waals surface area (Å²) < 4.78 is 5.81. The first-order chi connectivity index (χ1) is 9.76. The molecule has 0 aliphatic heterocycles. The van der Waals surface area contributed by atoms with Gasteiger partial charge in [-0.25, -0.2) is 4.98 Å². The number of fused-ring (bicyclic) bond motifs is 1. The summed E-state index contributed by atoms with van der Waals surface area (Å²) in [5.41, 5.74) is 1.87. The Hall–Kier alpha value is -1.85. The standard InChI is InChI=1S/C15H12N2OS2/c1-18-10-6-8-11(9-7-10)20-15-14(19)16-12-4-2-3-5-13(12)17-15/h2-9H,1H3,(H,16,19). The summed E-state index contributed by atoms with van der Waals surface area (Å²) in [5.74, 6) is 0.839. The SMILES string of the molecule is COc1ccc(Sc2nc3ccccc3[nH]c2=S)cc1. The van der Waals surface area contributed by atoms with E-state index >= 15 is 0 Å². The number of aromatic nitrogens is 2. The van der Waals surface area contributed by atoms with E-state index in [1.165, 1.54) is 0 Å². The second-order valence-electron chi connectivity index (χ2n) is 4.17. The van der Waals surface area contributed by atoms with Gasteiger partial charge < -0.3 is 9.72 Å². The number of aromatic amines is 1. The number of para-hydroxylation sites is 2. The zero-order valence-corrected chi connectivity index (χ0v) is 12.4. The van der Waals surface area contributed by atoms with Gasteiger partial charge in [0, 0.05) is 4.90 Å². The van der Waals surface area contributed by atoms with E-state index in [0.717, 1.165) is 26.7 Å². The maximum absolute atomic E-state index is 5.36. The zero-order chi connectivity index (χ0) is 13.9. The first kappa shape index (κ1) is 13.1. The molecular formula is C15H12N2OS2. The predicted molar refractivity (Wildman–Crippen MR) is 84.0 cm³/mol. The van der Waals surface area contributed by atoms with Crippen LogP contribution in [0.2, 0.25) is 0 Å². The number of nitrogens with one attached hydrogen (secondary N) is 1. The van der Waals surface area contributed by atoms with Gasteiger partial charge in [-0.1, -0.05) is 36.1 Å². The molecule has 0 saturated heterocycles. The van der Waals surface area contributed by atoms with Crippen LogP contribution < -0.4 is 4.74 Å². The van der Waals surface area contributed by atoms with Crippen molar-refractivity contribution >= 4 is 35.0 Å². The van der Waals surface area contributed by atoms with E-state index in [0.29, 0.717) is 4.64 Å². The predicted octanol–water partition coefficient (Wildman–Crippen LogP) is 4.45. The van der Waals surface area contributed by atoms with Crippen molar-refractivity contribution in [3.05, 3.63) is 53.2 Å². The Morgan fingerprint density at radius 1 is 1.10 bits per heavy atom. The summed E-state index contributed by atoms with van der Waals surface area (Å²) in [7, 11) is 1.66. The maximum atomic E-state index is 5.36. The molecule has 0 aliphatic rings. The van der Waals surface area contributed by atoms with E-state index in [1.807, 2.05) is 48.5 Å². The van der Waals surface area contributed by atoms with Gasteiger partial charge in [-0.05, 0) is 36.4 Å². The van der Waals surface area contributed by atoms with Crippen LogP contribution in [0.4, 0.5) is 0 Å². The van der Waals surface area contributed by atoms with Gasteiger partial charge in [0.25, 0.3) is 0 Å². The molecule has 0 spiro atoms. The maximum Gasteiger partial charge on any atom is 0.136 e. The number of hydrogen-bond acceptors (Lipinski definition) is 4. The van der Waals surface area contributed by atoms with Gasteiger partial charge >= 0.3 is 0 Å². The summed E-state index contributed by atoms with van der Waals surface area (Å²) in [5, 5.41) is 0.809. The third-order valence-corrected chi connectivity index (χ3v) is 4.26. The second-order valence-corrected chi connectivity index (χ2v) is 5.64. The summed E-state index contributed by atoms with van der Waals surface area (Å²) in [6.45, 7) is 0. The first-order valence-electron chi connectivity index (χ1n) is 6.07. The van der Waals surface area contributed by atoms with Crippen molar-refractivity contribution in [3.8, 4) is 5.75 Å². The summed E-state index contributed by atoms with van der Waals surface area (Å²) in [6.07, 6.45) is 0. The average Bonchev–Trinajstić information content (AvgIpc) is 2.49. The van der Waals surface area contributed by atoms with Crippen molar-refractivity contribution in [3.63, 3.8) is 0 Å². The van der Waals surface area contributed by atoms with Crippen molar-refractivity contribution < 1.29 is 4.74 Å². The molecule has 0 aliphatic carbocycles. The molecule has 1 heterocycles. The normalized spacial score (nSPS) is 10.7. The van der Waals surface area contributed by atoms with E-state index < -0.39 is 0 Å². The van der Waals surface area contributed by atoms with Crippen LogP contribution >= 0.6 is 24.0 Å². The molecule has 1 N–H and O–H groups in total. The molecule has 0 atom stereocenters. The van der Waals surface area contributed by atoms with Crippen molar-refractivity contribution in [1.29, 1.82) is 0 Å². The lowest BCUT2D eigenvalue weighted by Gasteiger charge is -2.05. The summed E-state index contributed by atoms with van der Waals surface area (Å²) >= 11 is 6.91. The van der Waals surface area contributed by atoms with E-state index in [2.05, 4.69) is 9.97 Å². The third-order valence-electron chi connectivity index (χ3n) is 2.84. The monoisotopic (exact) mass is 300 g/mol. The minimum Gasteiger partial charge on any atom is -0.497 e. The Balaban J connectivity index is 1.97. The molecular weight excluding hydrogens is 288 g/mol. The molecule has 0 radical (unpaired) electrons. The molecule has 3 aromatic rings. The topological polar surface area (TPSA) is 37.9 Å². The molecule has 5 heteroatoms. The molecule has 0 unspecified atom stereocenters. The fourth-order valence-corrected chi connectivity index (χ4v) is 2.90. The van der Waals surface area contributed by atoms with Crippen LogP contribution in [0.25, 0.3) is 11.0 Å². The van der Waals surface area contributed by atoms with Crippen LogP contribution in [-0.2, 0) is 0 Å². The van der Waals surface area contributed by atoms with Crippen LogP contribution in [0.3, 0.4) is 0 Å². The lowest BCUT2D eigenvalue weighted by Crippen LogP contribution is -1.89. The number of methoxy groups -OCH3 is 1. The van der Waals surface area contributed by atoms with Crippen LogP contribution in [0.1, 0.15) is 0 Å². The Bertz CT molecular complexity index is 797. The van der Waals surface area contributed by atoms with Gasteiger partial charge in [-0.3, -0.25) is 0 Å². The quantitative estimate of drug-likeness (QED) is 0.725. The van der Waals surface area contributed by atoms with Gasteiger partial charge in [0.05, 0.1) is 18.1 Å². The molecule has 3 rings (SSSR count). The van der Waals surface area contributed by atoms with Gasteiger partial charge in [0.15, 0.2) is 0 Å². The van der Waals surface area contributed by atoms with Gasteiger partial charge in [0.1, 0.15) is 15.4 Å². The minimum absolute atomic E-state index is 0.657. The first-order valence-corrected chi connectivity index (χ1v) is 7.30. The Morgan fingerprint density at radius 3 is 2.60 bits per heavy atom. The second kappa shape index (κ2) is 5.64. The van der Waals surface area contributed by atoms with Crippen molar-refractivity contribution in [1.82, 2.24) is 9.97 Å². The van der Waals surface area contributed by atoms with Crippen LogP contribution in [0, 0.1) is 4.64 Å². The van der Waals surface area contributed by atoms with E-state index in [9.17, 15) is 0 Å². The van der Waals surface area contributed by atoms with Gasteiger partial charge in [-0.2, -0.15) is 0 Å². The van der Waals surface area contributed by atoms with E-state index in [4.69, 9.17) is 17.0 Å². The molecule has 2 aromatic carbocycles. The highest BCUT2D eigenvalue weighted by molar-refractivity contribution is 7.99. The van der Waals surface area contributed by atoms with Gasteiger partial charge in [-0.15, -0.1) is 0 Å². The fourth-order valence-electron chi connectivity index (χ4n) is 1.84. The summed E-state index contributed by atoms with van der Waals surface area (Å²) in [6, 6.07) is 15.7.